The summed E-state index contributed by atoms with van der Waals surface area (Å²) in [6.07, 6.45) is -0.315. The minimum absolute atomic E-state index is 0.0674. The van der Waals surface area contributed by atoms with Gasteiger partial charge in [-0.1, -0.05) is 51.1 Å². The first-order chi connectivity index (χ1) is 10.2. The molecule has 2 unspecified atom stereocenters. The average Bonchev–Trinajstić information content (AvgIpc) is 2.69. The second-order valence-corrected chi connectivity index (χ2v) is 7.02. The minimum atomic E-state index is -1.01. The SMILES string of the molecule is CNC(=O)N1C(C(C)(C)C)N(C)C(=O)C1(C)c1ccccc1. The fraction of sp³-hybridized carbons (Fsp3) is 0.529. The fourth-order valence-electron chi connectivity index (χ4n) is 3.40. The number of rotatable bonds is 1. The van der Waals surface area contributed by atoms with Crippen LogP contribution in [0, 0.1) is 5.41 Å². The van der Waals surface area contributed by atoms with Crippen LogP contribution in [0.5, 0.6) is 0 Å². The van der Waals surface area contributed by atoms with Gasteiger partial charge in [0.05, 0.1) is 0 Å². The lowest BCUT2D eigenvalue weighted by molar-refractivity contribution is -0.133. The van der Waals surface area contributed by atoms with Gasteiger partial charge >= 0.3 is 6.03 Å². The maximum atomic E-state index is 13.0. The van der Waals surface area contributed by atoms with Crippen molar-refractivity contribution in [2.45, 2.75) is 39.4 Å². The maximum Gasteiger partial charge on any atom is 0.319 e. The summed E-state index contributed by atoms with van der Waals surface area (Å²) in [6, 6.07) is 9.23. The van der Waals surface area contributed by atoms with Crippen LogP contribution in [-0.2, 0) is 10.3 Å². The van der Waals surface area contributed by atoms with Crippen LogP contribution in [0.15, 0.2) is 30.3 Å². The first-order valence-corrected chi connectivity index (χ1v) is 7.49. The Balaban J connectivity index is 2.66. The minimum Gasteiger partial charge on any atom is -0.341 e. The number of hydrogen-bond donors (Lipinski definition) is 1. The number of nitrogens with one attached hydrogen (secondary N) is 1. The Bertz CT molecular complexity index is 579. The van der Waals surface area contributed by atoms with E-state index in [1.807, 2.05) is 58.0 Å². The molecule has 0 bridgehead atoms. The van der Waals surface area contributed by atoms with Crippen molar-refractivity contribution in [3.63, 3.8) is 0 Å². The summed E-state index contributed by atoms with van der Waals surface area (Å²) in [5, 5.41) is 2.68. The summed E-state index contributed by atoms with van der Waals surface area (Å²) in [6.45, 7) is 7.93. The van der Waals surface area contributed by atoms with Crippen LogP contribution < -0.4 is 5.32 Å². The summed E-state index contributed by atoms with van der Waals surface area (Å²) in [4.78, 5) is 29.0. The molecule has 2 rings (SSSR count). The van der Waals surface area contributed by atoms with Gasteiger partial charge in [0.25, 0.3) is 5.91 Å². The van der Waals surface area contributed by atoms with Crippen molar-refractivity contribution in [3.05, 3.63) is 35.9 Å². The summed E-state index contributed by atoms with van der Waals surface area (Å²) in [7, 11) is 3.36. The van der Waals surface area contributed by atoms with E-state index in [0.29, 0.717) is 0 Å². The van der Waals surface area contributed by atoms with Crippen molar-refractivity contribution >= 4 is 11.9 Å². The largest absolute Gasteiger partial charge is 0.341 e. The van der Waals surface area contributed by atoms with E-state index in [-0.39, 0.29) is 23.5 Å². The van der Waals surface area contributed by atoms with Gasteiger partial charge in [0.2, 0.25) is 0 Å². The summed E-state index contributed by atoms with van der Waals surface area (Å²) in [5.74, 6) is -0.0674. The second kappa shape index (κ2) is 5.30. The number of likely N-dealkylation sites (N-methyl/N-ethyl adjacent to an activating group) is 1. The third kappa shape index (κ3) is 2.25. The molecule has 0 radical (unpaired) electrons. The average molecular weight is 303 g/mol. The van der Waals surface area contributed by atoms with E-state index in [0.717, 1.165) is 5.56 Å². The molecule has 1 saturated heterocycles. The zero-order chi connectivity index (χ0) is 16.7. The van der Waals surface area contributed by atoms with Gasteiger partial charge in [-0.15, -0.1) is 0 Å². The summed E-state index contributed by atoms with van der Waals surface area (Å²) >= 11 is 0. The molecule has 5 nitrogen and oxygen atoms in total. The third-order valence-electron chi connectivity index (χ3n) is 4.37. The van der Waals surface area contributed by atoms with Crippen molar-refractivity contribution in [1.29, 1.82) is 0 Å². The molecule has 1 heterocycles. The highest BCUT2D eigenvalue weighted by Gasteiger charge is 2.59. The molecule has 1 aliphatic rings. The molecule has 0 saturated carbocycles. The number of nitrogens with zero attached hydrogens (tertiary/aromatic N) is 2. The predicted molar refractivity (Wildman–Crippen MR) is 86.1 cm³/mol. The quantitative estimate of drug-likeness (QED) is 0.866. The molecule has 2 atom stereocenters. The van der Waals surface area contributed by atoms with Crippen molar-refractivity contribution in [1.82, 2.24) is 15.1 Å². The first-order valence-electron chi connectivity index (χ1n) is 7.49. The fourth-order valence-corrected chi connectivity index (χ4v) is 3.40. The van der Waals surface area contributed by atoms with Gasteiger partial charge in [0, 0.05) is 19.5 Å². The Morgan fingerprint density at radius 2 is 1.77 bits per heavy atom. The number of benzene rings is 1. The van der Waals surface area contributed by atoms with E-state index in [1.165, 1.54) is 0 Å². The molecule has 1 aromatic rings. The molecule has 22 heavy (non-hydrogen) atoms. The van der Waals surface area contributed by atoms with E-state index >= 15 is 0 Å². The highest BCUT2D eigenvalue weighted by atomic mass is 16.2. The van der Waals surface area contributed by atoms with Gasteiger partial charge in [-0.05, 0) is 12.5 Å². The molecule has 0 aromatic heterocycles. The van der Waals surface area contributed by atoms with E-state index in [4.69, 9.17) is 0 Å². The van der Waals surface area contributed by atoms with E-state index < -0.39 is 5.54 Å². The lowest BCUT2D eigenvalue weighted by Gasteiger charge is -2.41. The molecule has 3 amide bonds. The maximum absolute atomic E-state index is 13.0. The molecule has 1 fully saturated rings. The van der Waals surface area contributed by atoms with Gasteiger partial charge < -0.3 is 10.2 Å². The molecular weight excluding hydrogens is 278 g/mol. The zero-order valence-electron chi connectivity index (χ0n) is 14.2. The Morgan fingerprint density at radius 1 is 1.23 bits per heavy atom. The Morgan fingerprint density at radius 3 is 2.23 bits per heavy atom. The van der Waals surface area contributed by atoms with Crippen molar-refractivity contribution < 1.29 is 9.59 Å². The third-order valence-corrected chi connectivity index (χ3v) is 4.37. The number of carbonyl (C=O) groups excluding carboxylic acids is 2. The van der Waals surface area contributed by atoms with Gasteiger partial charge in [-0.3, -0.25) is 9.69 Å². The van der Waals surface area contributed by atoms with Crippen LogP contribution >= 0.6 is 0 Å². The van der Waals surface area contributed by atoms with E-state index in [1.54, 1.807) is 23.9 Å². The number of amides is 3. The topological polar surface area (TPSA) is 52.7 Å². The molecule has 1 aromatic carbocycles. The molecule has 1 aliphatic heterocycles. The highest BCUT2D eigenvalue weighted by molar-refractivity contribution is 5.95. The van der Waals surface area contributed by atoms with Gasteiger partial charge in [0.15, 0.2) is 0 Å². The van der Waals surface area contributed by atoms with Crippen LogP contribution in [0.25, 0.3) is 0 Å². The molecule has 0 spiro atoms. The number of carbonyl (C=O) groups is 2. The van der Waals surface area contributed by atoms with Crippen molar-refractivity contribution in [2.75, 3.05) is 14.1 Å². The number of hydrogen-bond acceptors (Lipinski definition) is 2. The monoisotopic (exact) mass is 303 g/mol. The predicted octanol–water partition coefficient (Wildman–Crippen LogP) is 2.39. The molecule has 120 valence electrons. The lowest BCUT2D eigenvalue weighted by Crippen LogP contribution is -2.56. The Labute approximate surface area is 132 Å². The van der Waals surface area contributed by atoms with Gasteiger partial charge in [-0.2, -0.15) is 0 Å². The van der Waals surface area contributed by atoms with Crippen LogP contribution in [0.4, 0.5) is 4.79 Å². The normalized spacial score (nSPS) is 25.5. The lowest BCUT2D eigenvalue weighted by atomic mass is 9.87. The van der Waals surface area contributed by atoms with Crippen LogP contribution in [0.3, 0.4) is 0 Å². The van der Waals surface area contributed by atoms with Crippen molar-refractivity contribution in [3.8, 4) is 0 Å². The van der Waals surface area contributed by atoms with Crippen LogP contribution in [0.1, 0.15) is 33.3 Å². The van der Waals surface area contributed by atoms with Gasteiger partial charge in [-0.25, -0.2) is 4.79 Å². The molecule has 5 heteroatoms. The molecule has 1 N–H and O–H groups in total. The standard InChI is InChI=1S/C17H25N3O2/c1-16(2,3)13-19(6)14(21)17(4,20(13)15(22)18-5)12-10-8-7-9-11-12/h7-11,13H,1-6H3,(H,18,22). The zero-order valence-corrected chi connectivity index (χ0v) is 14.2. The number of urea groups is 1. The van der Waals surface area contributed by atoms with Crippen molar-refractivity contribution in [2.24, 2.45) is 5.41 Å². The van der Waals surface area contributed by atoms with E-state index in [2.05, 4.69) is 5.32 Å². The first kappa shape index (κ1) is 16.3. The van der Waals surface area contributed by atoms with Crippen LogP contribution in [0.2, 0.25) is 0 Å². The van der Waals surface area contributed by atoms with Gasteiger partial charge in [0.1, 0.15) is 11.7 Å². The smallest absolute Gasteiger partial charge is 0.319 e. The summed E-state index contributed by atoms with van der Waals surface area (Å²) in [5.41, 5.74) is -0.445. The Kier molecular flexibility index (Phi) is 3.94. The second-order valence-electron chi connectivity index (χ2n) is 7.02. The summed E-state index contributed by atoms with van der Waals surface area (Å²) < 4.78 is 0. The van der Waals surface area contributed by atoms with Crippen LogP contribution in [-0.4, -0.2) is 42.0 Å². The highest BCUT2D eigenvalue weighted by Crippen LogP contribution is 2.44. The molecular formula is C17H25N3O2. The van der Waals surface area contributed by atoms with E-state index in [9.17, 15) is 9.59 Å². The Hall–Kier alpha value is -2.04. The molecule has 0 aliphatic carbocycles.